The van der Waals surface area contributed by atoms with Crippen LogP contribution in [0.25, 0.3) is 11.4 Å². The molecule has 0 saturated heterocycles. The number of rotatable bonds is 5. The molecule has 0 N–H and O–H groups in total. The number of esters is 1. The van der Waals surface area contributed by atoms with Crippen molar-refractivity contribution in [2.75, 3.05) is 6.61 Å². The first-order valence-electron chi connectivity index (χ1n) is 5.79. The summed E-state index contributed by atoms with van der Waals surface area (Å²) in [6.45, 7) is 3.96. The van der Waals surface area contributed by atoms with Gasteiger partial charge >= 0.3 is 5.97 Å². The summed E-state index contributed by atoms with van der Waals surface area (Å²) >= 11 is 0. The quantitative estimate of drug-likeness (QED) is 0.758. The molecule has 0 saturated carbocycles. The van der Waals surface area contributed by atoms with Crippen molar-refractivity contribution < 1.29 is 18.5 Å². The molecule has 2 heterocycles. The number of hydrogen-bond acceptors (Lipinski definition) is 6. The zero-order chi connectivity index (χ0) is 13.0. The SMILES string of the molecule is CCOC(=O)C(CC)c1nc(-c2ccoc2)no1. The fraction of sp³-hybridized carbons (Fsp3) is 0.417. The van der Waals surface area contributed by atoms with Gasteiger partial charge < -0.3 is 13.7 Å². The van der Waals surface area contributed by atoms with Crippen LogP contribution in [-0.4, -0.2) is 22.7 Å². The predicted molar refractivity (Wildman–Crippen MR) is 61.7 cm³/mol. The fourth-order valence-electron chi connectivity index (χ4n) is 1.57. The highest BCUT2D eigenvalue weighted by atomic mass is 16.5. The molecule has 6 nitrogen and oxygen atoms in total. The van der Waals surface area contributed by atoms with Crippen molar-refractivity contribution in [3.05, 3.63) is 24.5 Å². The summed E-state index contributed by atoms with van der Waals surface area (Å²) in [5, 5.41) is 3.82. The number of nitrogens with zero attached hydrogens (tertiary/aromatic N) is 2. The lowest BCUT2D eigenvalue weighted by atomic mass is 10.1. The monoisotopic (exact) mass is 250 g/mol. The Morgan fingerprint density at radius 3 is 2.94 bits per heavy atom. The zero-order valence-corrected chi connectivity index (χ0v) is 10.3. The largest absolute Gasteiger partial charge is 0.472 e. The first kappa shape index (κ1) is 12.3. The van der Waals surface area contributed by atoms with E-state index < -0.39 is 5.92 Å². The van der Waals surface area contributed by atoms with E-state index in [0.717, 1.165) is 0 Å². The molecular weight excluding hydrogens is 236 g/mol. The first-order valence-corrected chi connectivity index (χ1v) is 5.79. The molecule has 0 fully saturated rings. The maximum atomic E-state index is 11.7. The minimum absolute atomic E-state index is 0.271. The molecular formula is C12H14N2O4. The van der Waals surface area contributed by atoms with E-state index >= 15 is 0 Å². The molecule has 0 radical (unpaired) electrons. The van der Waals surface area contributed by atoms with Gasteiger partial charge in [0.2, 0.25) is 11.7 Å². The molecule has 6 heteroatoms. The molecule has 0 aromatic carbocycles. The molecule has 0 aliphatic heterocycles. The number of ether oxygens (including phenoxy) is 1. The Hall–Kier alpha value is -2.11. The van der Waals surface area contributed by atoms with Crippen molar-refractivity contribution >= 4 is 5.97 Å². The second-order valence-corrected chi connectivity index (χ2v) is 3.68. The van der Waals surface area contributed by atoms with Crippen molar-refractivity contribution in [3.63, 3.8) is 0 Å². The second-order valence-electron chi connectivity index (χ2n) is 3.68. The van der Waals surface area contributed by atoms with Gasteiger partial charge in [-0.25, -0.2) is 0 Å². The smallest absolute Gasteiger partial charge is 0.318 e. The Balaban J connectivity index is 2.20. The van der Waals surface area contributed by atoms with Crippen LogP contribution in [0.4, 0.5) is 0 Å². The molecule has 0 bridgehead atoms. The van der Waals surface area contributed by atoms with E-state index in [1.54, 1.807) is 13.0 Å². The van der Waals surface area contributed by atoms with Gasteiger partial charge in [0.1, 0.15) is 12.2 Å². The number of carbonyl (C=O) groups excluding carboxylic acids is 1. The Kier molecular flexibility index (Phi) is 3.76. The number of aromatic nitrogens is 2. The Morgan fingerprint density at radius 2 is 2.33 bits per heavy atom. The van der Waals surface area contributed by atoms with Gasteiger partial charge in [-0.3, -0.25) is 4.79 Å². The molecule has 0 aliphatic carbocycles. The number of hydrogen-bond donors (Lipinski definition) is 0. The summed E-state index contributed by atoms with van der Waals surface area (Å²) in [5.41, 5.74) is 0.712. The van der Waals surface area contributed by atoms with Crippen LogP contribution in [0.1, 0.15) is 32.1 Å². The lowest BCUT2D eigenvalue weighted by Crippen LogP contribution is -2.15. The molecule has 2 aromatic heterocycles. The molecule has 2 rings (SSSR count). The summed E-state index contributed by atoms with van der Waals surface area (Å²) in [6.07, 6.45) is 3.58. The van der Waals surface area contributed by atoms with Crippen LogP contribution in [0.5, 0.6) is 0 Å². The second kappa shape index (κ2) is 5.48. The lowest BCUT2D eigenvalue weighted by molar-refractivity contribution is -0.145. The van der Waals surface area contributed by atoms with Gasteiger partial charge in [0.25, 0.3) is 0 Å². The third kappa shape index (κ3) is 2.42. The minimum Gasteiger partial charge on any atom is -0.472 e. The third-order valence-electron chi connectivity index (χ3n) is 2.50. The van der Waals surface area contributed by atoms with Crippen LogP contribution in [-0.2, 0) is 9.53 Å². The van der Waals surface area contributed by atoms with E-state index in [1.165, 1.54) is 12.5 Å². The Labute approximate surface area is 104 Å². The standard InChI is InChI=1S/C12H14N2O4/c1-3-9(12(15)17-4-2)11-13-10(14-18-11)8-5-6-16-7-8/h5-7,9H,3-4H2,1-2H3. The topological polar surface area (TPSA) is 78.4 Å². The van der Waals surface area contributed by atoms with Gasteiger partial charge in [-0.15, -0.1) is 0 Å². The van der Waals surface area contributed by atoms with Crippen molar-refractivity contribution in [1.29, 1.82) is 0 Å². The highest BCUT2D eigenvalue weighted by Gasteiger charge is 2.26. The van der Waals surface area contributed by atoms with Crippen LogP contribution < -0.4 is 0 Å². The minimum atomic E-state index is -0.516. The maximum absolute atomic E-state index is 11.7. The highest BCUT2D eigenvalue weighted by molar-refractivity contribution is 5.76. The average molecular weight is 250 g/mol. The van der Waals surface area contributed by atoms with Gasteiger partial charge in [0.05, 0.1) is 18.4 Å². The highest BCUT2D eigenvalue weighted by Crippen LogP contribution is 2.23. The van der Waals surface area contributed by atoms with Crippen molar-refractivity contribution in [3.8, 4) is 11.4 Å². The molecule has 1 unspecified atom stereocenters. The molecule has 2 aromatic rings. The van der Waals surface area contributed by atoms with Crippen LogP contribution in [0.3, 0.4) is 0 Å². The molecule has 96 valence electrons. The molecule has 18 heavy (non-hydrogen) atoms. The van der Waals surface area contributed by atoms with Crippen LogP contribution >= 0.6 is 0 Å². The van der Waals surface area contributed by atoms with Crippen molar-refractivity contribution in [2.45, 2.75) is 26.2 Å². The molecule has 1 atom stereocenters. The summed E-state index contributed by atoms with van der Waals surface area (Å²) in [6, 6.07) is 1.72. The van der Waals surface area contributed by atoms with Crippen LogP contribution in [0.2, 0.25) is 0 Å². The van der Waals surface area contributed by atoms with Crippen molar-refractivity contribution in [1.82, 2.24) is 10.1 Å². The van der Waals surface area contributed by atoms with E-state index in [-0.39, 0.29) is 11.9 Å². The van der Waals surface area contributed by atoms with Gasteiger partial charge in [0.15, 0.2) is 0 Å². The maximum Gasteiger partial charge on any atom is 0.318 e. The van der Waals surface area contributed by atoms with Gasteiger partial charge in [0, 0.05) is 0 Å². The number of furan rings is 1. The summed E-state index contributed by atoms with van der Waals surface area (Å²) < 4.78 is 15.0. The lowest BCUT2D eigenvalue weighted by Gasteiger charge is -2.08. The Bertz CT molecular complexity index is 504. The normalized spacial score (nSPS) is 12.3. The summed E-state index contributed by atoms with van der Waals surface area (Å²) in [5.74, 6) is -0.186. The van der Waals surface area contributed by atoms with E-state index in [9.17, 15) is 4.79 Å². The predicted octanol–water partition coefficient (Wildman–Crippen LogP) is 2.39. The van der Waals surface area contributed by atoms with Gasteiger partial charge in [-0.2, -0.15) is 4.98 Å². The van der Waals surface area contributed by atoms with Gasteiger partial charge in [-0.05, 0) is 19.4 Å². The Morgan fingerprint density at radius 1 is 1.50 bits per heavy atom. The molecule has 0 spiro atoms. The number of carbonyl (C=O) groups is 1. The third-order valence-corrected chi connectivity index (χ3v) is 2.50. The molecule has 0 aliphatic rings. The van der Waals surface area contributed by atoms with E-state index in [0.29, 0.717) is 24.4 Å². The molecule has 0 amide bonds. The first-order chi connectivity index (χ1) is 8.76. The summed E-state index contributed by atoms with van der Waals surface area (Å²) in [7, 11) is 0. The van der Waals surface area contributed by atoms with E-state index in [4.69, 9.17) is 13.7 Å². The van der Waals surface area contributed by atoms with Gasteiger partial charge in [-0.1, -0.05) is 12.1 Å². The average Bonchev–Trinajstić information content (AvgIpc) is 3.00. The van der Waals surface area contributed by atoms with Crippen LogP contribution in [0, 0.1) is 0 Å². The van der Waals surface area contributed by atoms with Crippen LogP contribution in [0.15, 0.2) is 27.5 Å². The van der Waals surface area contributed by atoms with Crippen molar-refractivity contribution in [2.24, 2.45) is 0 Å². The van der Waals surface area contributed by atoms with E-state index in [2.05, 4.69) is 10.1 Å². The fourth-order valence-corrected chi connectivity index (χ4v) is 1.57. The zero-order valence-electron chi connectivity index (χ0n) is 10.3. The van der Waals surface area contributed by atoms with E-state index in [1.807, 2.05) is 6.92 Å². The summed E-state index contributed by atoms with van der Waals surface area (Å²) in [4.78, 5) is 15.9.